The normalized spacial score (nSPS) is 25.3. The smallest absolute Gasteiger partial charge is 0.744 e. The molecule has 2 heterocycles. The first-order valence-corrected chi connectivity index (χ1v) is 22.0. The number of alkyl halides is 6. The van der Waals surface area contributed by atoms with Gasteiger partial charge in [0.2, 0.25) is 0 Å². The molecule has 8 rings (SSSR count). The third-order valence-electron chi connectivity index (χ3n) is 12.1. The Morgan fingerprint density at radius 1 is 0.569 bits per heavy atom. The van der Waals surface area contributed by atoms with Gasteiger partial charge in [0.25, 0.3) is 0 Å². The Labute approximate surface area is 353 Å². The van der Waals surface area contributed by atoms with Crippen LogP contribution in [0.1, 0.15) is 37.8 Å². The first-order chi connectivity index (χ1) is 26.2. The van der Waals surface area contributed by atoms with Crippen molar-refractivity contribution >= 4 is 46.6 Å². The number of quaternary nitrogens is 1. The topological polar surface area (TPSA) is 125 Å². The molecule has 0 amide bonds. The van der Waals surface area contributed by atoms with Crippen LogP contribution in [-0.2, 0) is 29.8 Å². The Bertz CT molecular complexity index is 2890. The van der Waals surface area contributed by atoms with E-state index >= 15 is 43.2 Å². The van der Waals surface area contributed by atoms with Crippen molar-refractivity contribution in [2.75, 3.05) is 21.1 Å². The summed E-state index contributed by atoms with van der Waals surface area (Å²) in [5.41, 5.74) is -5.52. The second-order valence-electron chi connectivity index (χ2n) is 15.6. The molecule has 4 aliphatic rings. The maximum Gasteiger partial charge on any atom is 1.00 e. The van der Waals surface area contributed by atoms with Crippen LogP contribution in [0.2, 0.25) is 0 Å². The minimum absolute atomic E-state index is 0. The maximum absolute atomic E-state index is 16.4. The van der Waals surface area contributed by atoms with Crippen molar-refractivity contribution in [1.82, 2.24) is 4.48 Å². The predicted octanol–water partition coefficient (Wildman–Crippen LogP) is 5.14. The van der Waals surface area contributed by atoms with Crippen LogP contribution in [0.15, 0.2) is 111 Å². The summed E-state index contributed by atoms with van der Waals surface area (Å²) in [5, 5.41) is 0. The maximum atomic E-state index is 16.4. The van der Waals surface area contributed by atoms with Crippen LogP contribution in [0.4, 0.5) is 32.0 Å². The average Bonchev–Trinajstić information content (AvgIpc) is 3.52. The van der Waals surface area contributed by atoms with Gasteiger partial charge >= 0.3 is 47.3 Å². The zero-order valence-electron chi connectivity index (χ0n) is 31.8. The van der Waals surface area contributed by atoms with Gasteiger partial charge in [0, 0.05) is 11.1 Å². The van der Waals surface area contributed by atoms with Gasteiger partial charge in [0.15, 0.2) is 19.7 Å². The van der Waals surface area contributed by atoms with Crippen molar-refractivity contribution in [1.29, 1.82) is 0 Å². The van der Waals surface area contributed by atoms with Crippen LogP contribution in [0, 0.1) is 0 Å². The molecule has 4 aromatic carbocycles. The molecule has 4 aromatic rings. The van der Waals surface area contributed by atoms with Crippen LogP contribution in [0.25, 0.3) is 33.4 Å². The quantitative estimate of drug-likeness (QED) is 0.114. The summed E-state index contributed by atoms with van der Waals surface area (Å²) in [5.74, 6) is -17.4. The molecule has 2 aliphatic carbocycles. The van der Waals surface area contributed by atoms with Gasteiger partial charge in [-0.1, -0.05) is 50.2 Å². The van der Waals surface area contributed by atoms with E-state index in [-0.39, 0.29) is 46.2 Å². The van der Waals surface area contributed by atoms with E-state index in [4.69, 9.17) is 0 Å². The molecular formula is C40H33F6NNaO7S3+. The summed E-state index contributed by atoms with van der Waals surface area (Å²) in [6.45, 7) is 2.39. The molecule has 1 saturated carbocycles. The van der Waals surface area contributed by atoms with Gasteiger partial charge in [-0.15, -0.1) is 0 Å². The van der Waals surface area contributed by atoms with Gasteiger partial charge < -0.3 is 4.55 Å². The minimum atomic E-state index is -6.11. The fraction of sp³-hybridized carbons (Fsp3) is 0.300. The van der Waals surface area contributed by atoms with Crippen LogP contribution >= 0.6 is 0 Å². The van der Waals surface area contributed by atoms with E-state index in [1.165, 1.54) is 38.1 Å². The molecule has 0 aromatic heterocycles. The number of allylic oxidation sites excluding steroid dienone is 2. The van der Waals surface area contributed by atoms with Crippen LogP contribution < -0.4 is 34.0 Å². The van der Waals surface area contributed by atoms with Gasteiger partial charge in [0.05, 0.1) is 35.8 Å². The third-order valence-corrected chi connectivity index (χ3v) is 18.4. The Balaban J connectivity index is 0.00000512. The summed E-state index contributed by atoms with van der Waals surface area (Å²) < 4.78 is 188. The van der Waals surface area contributed by atoms with E-state index in [1.54, 1.807) is 24.3 Å². The van der Waals surface area contributed by atoms with Gasteiger partial charge in [-0.2, -0.15) is 26.3 Å². The number of hydrogen-bond donors (Lipinski definition) is 0. The zero-order valence-corrected chi connectivity index (χ0v) is 36.2. The van der Waals surface area contributed by atoms with E-state index in [0.29, 0.717) is 10.0 Å². The van der Waals surface area contributed by atoms with Gasteiger partial charge in [-0.3, -0.25) is 4.48 Å². The SMILES string of the molecule is CCC12C(=C3C(=C4c5ccc(-c6ccc(S(=O)(=O)[O-])cc6)cc5S(=O)(=O)C41CC)C(F)(F)C(F)(F)C3(F)F)c1ccc(-c3ccc([N+](C)(C)C)cc3)cc1S2(=O)=O.[Na+]. The first kappa shape index (κ1) is 42.8. The summed E-state index contributed by atoms with van der Waals surface area (Å²) in [6, 6.07) is 17.9. The Kier molecular flexibility index (Phi) is 9.32. The first-order valence-electron chi connectivity index (χ1n) is 17.6. The molecule has 1 fully saturated rings. The van der Waals surface area contributed by atoms with E-state index in [1.807, 2.05) is 21.1 Å². The fourth-order valence-corrected chi connectivity index (χ4v) is 15.9. The number of benzene rings is 4. The number of nitrogens with zero attached hydrogens (tertiary/aromatic N) is 1. The molecule has 0 N–H and O–H groups in total. The molecular weight excluding hydrogens is 840 g/mol. The number of fused-ring (bicyclic) bond motifs is 8. The van der Waals surface area contributed by atoms with Crippen molar-refractivity contribution in [2.45, 2.75) is 68.6 Å². The molecule has 0 spiro atoms. The molecule has 300 valence electrons. The Morgan fingerprint density at radius 3 is 1.24 bits per heavy atom. The number of sulfone groups is 2. The second-order valence-corrected chi connectivity index (χ2v) is 21.2. The Hall–Kier alpha value is -3.29. The van der Waals surface area contributed by atoms with E-state index in [0.717, 1.165) is 42.1 Å². The average molecular weight is 873 g/mol. The van der Waals surface area contributed by atoms with E-state index < -0.39 is 118 Å². The molecule has 0 saturated heterocycles. The molecule has 2 aliphatic heterocycles. The summed E-state index contributed by atoms with van der Waals surface area (Å²) >= 11 is 0. The van der Waals surface area contributed by atoms with Gasteiger partial charge in [-0.05, 0) is 106 Å². The van der Waals surface area contributed by atoms with Crippen LogP contribution in [-0.4, -0.2) is 78.2 Å². The molecule has 2 atom stereocenters. The standard InChI is InChI=1S/C40H33F6NO7S3.Na/c1-6-36-32(28-18-12-24(20-30(28)55(36,48)49)22-8-14-26(15-9-22)47(3,4)5)34-35(39(43,44)40(45,46)38(34,41)42)33-29-19-13-25(21-31(29)56(50,51)37(33,36)7-2)23-10-16-27(17-11-23)57(52,53)54;/h8-21H,6-7H2,1-5H3;/q;+1. The second kappa shape index (κ2) is 12.6. The fourth-order valence-electron chi connectivity index (χ4n) is 9.46. The molecule has 8 nitrogen and oxygen atoms in total. The van der Waals surface area contributed by atoms with Crippen molar-refractivity contribution in [3.05, 3.63) is 107 Å². The number of hydrogen-bond acceptors (Lipinski definition) is 7. The largest absolute Gasteiger partial charge is 1.00 e. The molecule has 18 heteroatoms. The van der Waals surface area contributed by atoms with Crippen LogP contribution in [0.3, 0.4) is 0 Å². The third kappa shape index (κ3) is 4.89. The molecule has 58 heavy (non-hydrogen) atoms. The molecule has 2 unspecified atom stereocenters. The number of rotatable bonds is 6. The molecule has 0 radical (unpaired) electrons. The zero-order chi connectivity index (χ0) is 41.9. The van der Waals surface area contributed by atoms with Gasteiger partial charge in [-0.25, -0.2) is 25.3 Å². The van der Waals surface area contributed by atoms with Crippen molar-refractivity contribution in [3.8, 4) is 22.3 Å². The summed E-state index contributed by atoms with van der Waals surface area (Å²) in [4.78, 5) is -2.04. The van der Waals surface area contributed by atoms with E-state index in [2.05, 4.69) is 0 Å². The van der Waals surface area contributed by atoms with Crippen molar-refractivity contribution < 1.29 is 85.7 Å². The Morgan fingerprint density at radius 2 is 0.914 bits per heavy atom. The van der Waals surface area contributed by atoms with Crippen LogP contribution in [0.5, 0.6) is 0 Å². The van der Waals surface area contributed by atoms with Crippen molar-refractivity contribution in [2.24, 2.45) is 0 Å². The summed E-state index contributed by atoms with van der Waals surface area (Å²) in [7, 11) is -9.63. The van der Waals surface area contributed by atoms with Crippen molar-refractivity contribution in [3.63, 3.8) is 0 Å². The minimum Gasteiger partial charge on any atom is -0.744 e. The van der Waals surface area contributed by atoms with E-state index in [9.17, 15) is 13.0 Å². The predicted molar refractivity (Wildman–Crippen MR) is 200 cm³/mol. The number of halogens is 6. The summed E-state index contributed by atoms with van der Waals surface area (Å²) in [6.07, 6.45) is -1.60. The monoisotopic (exact) mass is 872 g/mol. The molecule has 0 bridgehead atoms. The van der Waals surface area contributed by atoms with Gasteiger partial charge in [0.1, 0.15) is 25.3 Å².